The van der Waals surface area contributed by atoms with Gasteiger partial charge in [-0.15, -0.1) is 0 Å². The Morgan fingerprint density at radius 1 is 0.750 bits per heavy atom. The molecule has 0 fully saturated rings. The van der Waals surface area contributed by atoms with Gasteiger partial charge in [0, 0.05) is 20.8 Å². The van der Waals surface area contributed by atoms with Gasteiger partial charge in [0.05, 0.1) is 0 Å². The second kappa shape index (κ2) is 13.2. The van der Waals surface area contributed by atoms with Gasteiger partial charge in [-0.25, -0.2) is 0 Å². The van der Waals surface area contributed by atoms with Gasteiger partial charge in [-0.05, 0) is 12.5 Å². The van der Waals surface area contributed by atoms with Crippen molar-refractivity contribution in [2.24, 2.45) is 0 Å². The summed E-state index contributed by atoms with van der Waals surface area (Å²) in [6.45, 7) is 0.347. The van der Waals surface area contributed by atoms with Crippen LogP contribution in [0.25, 0.3) is 0 Å². The summed E-state index contributed by atoms with van der Waals surface area (Å²) < 4.78 is 10.5. The molecule has 0 aliphatic carbocycles. The van der Waals surface area contributed by atoms with Crippen LogP contribution in [0.3, 0.4) is 0 Å². The van der Waals surface area contributed by atoms with E-state index in [-0.39, 0.29) is 0 Å². The molecule has 0 spiro atoms. The molecule has 0 unspecified atom stereocenters. The SMILES string of the molecule is CO[SiH](CCCCCCCCCCO)OC. The predicted octanol–water partition coefficient (Wildman–Crippen LogP) is 2.61. The summed E-state index contributed by atoms with van der Waals surface area (Å²) in [4.78, 5) is 0. The number of hydrogen-bond donors (Lipinski definition) is 1. The van der Waals surface area contributed by atoms with Crippen LogP contribution in [0.2, 0.25) is 6.04 Å². The van der Waals surface area contributed by atoms with Crippen LogP contribution in [0.5, 0.6) is 0 Å². The fraction of sp³-hybridized carbons (Fsp3) is 1.00. The van der Waals surface area contributed by atoms with Crippen molar-refractivity contribution in [1.29, 1.82) is 0 Å². The second-order valence-corrected chi connectivity index (χ2v) is 6.62. The monoisotopic (exact) mass is 248 g/mol. The summed E-state index contributed by atoms with van der Waals surface area (Å²) in [7, 11) is 2.21. The minimum Gasteiger partial charge on any atom is -0.400 e. The third-order valence-electron chi connectivity index (χ3n) is 2.87. The number of unbranched alkanes of at least 4 members (excludes halogenated alkanes) is 7. The van der Waals surface area contributed by atoms with Gasteiger partial charge in [0.2, 0.25) is 0 Å². The van der Waals surface area contributed by atoms with Crippen LogP contribution < -0.4 is 0 Å². The molecule has 0 rings (SSSR count). The Bertz CT molecular complexity index is 129. The van der Waals surface area contributed by atoms with E-state index in [0.29, 0.717) is 6.61 Å². The van der Waals surface area contributed by atoms with E-state index in [9.17, 15) is 0 Å². The first-order chi connectivity index (χ1) is 7.85. The lowest BCUT2D eigenvalue weighted by atomic mass is 10.1. The lowest BCUT2D eigenvalue weighted by Gasteiger charge is -2.10. The molecule has 1 N–H and O–H groups in total. The van der Waals surface area contributed by atoms with Crippen LogP contribution in [0.15, 0.2) is 0 Å². The molecule has 98 valence electrons. The minimum absolute atomic E-state index is 0.347. The normalized spacial score (nSPS) is 11.2. The number of hydrogen-bond acceptors (Lipinski definition) is 3. The number of rotatable bonds is 12. The van der Waals surface area contributed by atoms with Crippen molar-refractivity contribution in [3.05, 3.63) is 0 Å². The van der Waals surface area contributed by atoms with E-state index < -0.39 is 9.28 Å². The maximum absolute atomic E-state index is 8.62. The topological polar surface area (TPSA) is 38.7 Å². The van der Waals surface area contributed by atoms with Crippen molar-refractivity contribution in [2.75, 3.05) is 20.8 Å². The first-order valence-corrected chi connectivity index (χ1v) is 8.27. The summed E-state index contributed by atoms with van der Waals surface area (Å²) in [5.74, 6) is 0. The van der Waals surface area contributed by atoms with Crippen molar-refractivity contribution in [2.45, 2.75) is 57.4 Å². The molecule has 0 aromatic heterocycles. The standard InChI is InChI=1S/C12H28O3Si/c1-14-16(15-2)12-10-8-6-4-3-5-7-9-11-13/h13,16H,3-12H2,1-2H3. The van der Waals surface area contributed by atoms with Crippen molar-refractivity contribution < 1.29 is 14.0 Å². The van der Waals surface area contributed by atoms with Crippen LogP contribution in [-0.4, -0.2) is 35.2 Å². The van der Waals surface area contributed by atoms with Crippen molar-refractivity contribution >= 4 is 9.28 Å². The highest BCUT2D eigenvalue weighted by atomic mass is 28.3. The van der Waals surface area contributed by atoms with Crippen molar-refractivity contribution in [1.82, 2.24) is 0 Å². The lowest BCUT2D eigenvalue weighted by Crippen LogP contribution is -2.18. The Morgan fingerprint density at radius 2 is 1.19 bits per heavy atom. The van der Waals surface area contributed by atoms with Crippen molar-refractivity contribution in [3.8, 4) is 0 Å². The molecule has 0 saturated heterocycles. The van der Waals surface area contributed by atoms with Crippen LogP contribution >= 0.6 is 0 Å². The summed E-state index contributed by atoms with van der Waals surface area (Å²) >= 11 is 0. The summed E-state index contributed by atoms with van der Waals surface area (Å²) in [5.41, 5.74) is 0. The molecule has 0 amide bonds. The first kappa shape index (κ1) is 16.1. The lowest BCUT2D eigenvalue weighted by molar-refractivity contribution is 0.276. The maximum atomic E-state index is 8.62. The first-order valence-electron chi connectivity index (χ1n) is 6.51. The highest BCUT2D eigenvalue weighted by molar-refractivity contribution is 6.44. The molecular weight excluding hydrogens is 220 g/mol. The zero-order chi connectivity index (χ0) is 12.1. The highest BCUT2D eigenvalue weighted by Crippen LogP contribution is 2.11. The molecule has 0 aromatic carbocycles. The Hall–Kier alpha value is 0.0969. The molecular formula is C12H28O3Si. The molecule has 0 atom stereocenters. The average Bonchev–Trinajstić information content (AvgIpc) is 2.32. The smallest absolute Gasteiger partial charge is 0.320 e. The van der Waals surface area contributed by atoms with E-state index in [1.807, 2.05) is 0 Å². The second-order valence-electron chi connectivity index (χ2n) is 4.24. The third-order valence-corrected chi connectivity index (χ3v) is 4.80. The summed E-state index contributed by atoms with van der Waals surface area (Å²) in [6.07, 6.45) is 9.94. The fourth-order valence-electron chi connectivity index (χ4n) is 1.82. The van der Waals surface area contributed by atoms with Gasteiger partial charge in [0.25, 0.3) is 0 Å². The van der Waals surface area contributed by atoms with Gasteiger partial charge in [-0.3, -0.25) is 0 Å². The Labute approximate surface area is 102 Å². The predicted molar refractivity (Wildman–Crippen MR) is 70.0 cm³/mol. The van der Waals surface area contributed by atoms with Gasteiger partial charge < -0.3 is 14.0 Å². The molecule has 16 heavy (non-hydrogen) atoms. The van der Waals surface area contributed by atoms with E-state index in [0.717, 1.165) is 12.5 Å². The molecule has 0 heterocycles. The van der Waals surface area contributed by atoms with Crippen molar-refractivity contribution in [3.63, 3.8) is 0 Å². The van der Waals surface area contributed by atoms with E-state index in [2.05, 4.69) is 0 Å². The molecule has 4 heteroatoms. The third kappa shape index (κ3) is 10.6. The van der Waals surface area contributed by atoms with E-state index in [1.165, 1.54) is 44.9 Å². The molecule has 0 radical (unpaired) electrons. The molecule has 0 aliphatic rings. The minimum atomic E-state index is -1.29. The molecule has 0 aromatic rings. The van der Waals surface area contributed by atoms with Gasteiger partial charge in [-0.1, -0.05) is 44.9 Å². The highest BCUT2D eigenvalue weighted by Gasteiger charge is 2.07. The number of aliphatic hydroxyl groups excluding tert-OH is 1. The van der Waals surface area contributed by atoms with Gasteiger partial charge >= 0.3 is 9.28 Å². The van der Waals surface area contributed by atoms with Gasteiger partial charge in [0.15, 0.2) is 0 Å². The van der Waals surface area contributed by atoms with Crippen LogP contribution in [-0.2, 0) is 8.85 Å². The Morgan fingerprint density at radius 3 is 1.62 bits per heavy atom. The Balaban J connectivity index is 3.03. The van der Waals surface area contributed by atoms with Crippen LogP contribution in [0.1, 0.15) is 51.4 Å². The van der Waals surface area contributed by atoms with Gasteiger partial charge in [0.1, 0.15) is 0 Å². The quantitative estimate of drug-likeness (QED) is 0.426. The van der Waals surface area contributed by atoms with E-state index in [4.69, 9.17) is 14.0 Å². The molecule has 0 aliphatic heterocycles. The molecule has 0 saturated carbocycles. The maximum Gasteiger partial charge on any atom is 0.320 e. The van der Waals surface area contributed by atoms with Crippen LogP contribution in [0, 0.1) is 0 Å². The summed E-state index contributed by atoms with van der Waals surface area (Å²) in [6, 6.07) is 1.14. The van der Waals surface area contributed by atoms with Gasteiger partial charge in [-0.2, -0.15) is 0 Å². The molecule has 3 nitrogen and oxygen atoms in total. The van der Waals surface area contributed by atoms with E-state index >= 15 is 0 Å². The largest absolute Gasteiger partial charge is 0.400 e. The average molecular weight is 248 g/mol. The van der Waals surface area contributed by atoms with Crippen LogP contribution in [0.4, 0.5) is 0 Å². The zero-order valence-corrected chi connectivity index (χ0v) is 12.1. The summed E-state index contributed by atoms with van der Waals surface area (Å²) in [5, 5.41) is 8.62. The zero-order valence-electron chi connectivity index (χ0n) is 10.9. The molecule has 0 bridgehead atoms. The van der Waals surface area contributed by atoms with E-state index in [1.54, 1.807) is 14.2 Å². The Kier molecular flexibility index (Phi) is 13.2. The number of aliphatic hydroxyl groups is 1. The fourth-order valence-corrected chi connectivity index (χ4v) is 3.10.